The molecule has 0 radical (unpaired) electrons. The molecule has 4 heteroatoms. The van der Waals surface area contributed by atoms with Crippen LogP contribution in [0.2, 0.25) is 0 Å². The molecule has 2 N–H and O–H groups in total. The highest BCUT2D eigenvalue weighted by Gasteiger charge is 2.42. The van der Waals surface area contributed by atoms with E-state index in [0.29, 0.717) is 5.92 Å². The quantitative estimate of drug-likeness (QED) is 0.803. The minimum Gasteiger partial charge on any atom is -0.353 e. The van der Waals surface area contributed by atoms with Crippen LogP contribution in [-0.2, 0) is 4.79 Å². The van der Waals surface area contributed by atoms with Gasteiger partial charge in [0.15, 0.2) is 0 Å². The summed E-state index contributed by atoms with van der Waals surface area (Å²) >= 11 is 1.80. The number of rotatable bonds is 4. The number of amides is 1. The van der Waals surface area contributed by atoms with Gasteiger partial charge in [-0.15, -0.1) is 0 Å². The lowest BCUT2D eigenvalue weighted by Gasteiger charge is -2.24. The predicted molar refractivity (Wildman–Crippen MR) is 73.2 cm³/mol. The minimum atomic E-state index is 0.0696. The molecule has 3 nitrogen and oxygen atoms in total. The molecule has 3 atom stereocenters. The van der Waals surface area contributed by atoms with Crippen LogP contribution in [0, 0.1) is 11.8 Å². The highest BCUT2D eigenvalue weighted by atomic mass is 32.2. The van der Waals surface area contributed by atoms with Crippen molar-refractivity contribution in [3.63, 3.8) is 0 Å². The first kappa shape index (κ1) is 13.2. The molecule has 1 amide bonds. The van der Waals surface area contributed by atoms with Crippen LogP contribution in [0.3, 0.4) is 0 Å². The van der Waals surface area contributed by atoms with Crippen LogP contribution in [-0.4, -0.2) is 36.0 Å². The van der Waals surface area contributed by atoms with Gasteiger partial charge in [0, 0.05) is 11.3 Å². The zero-order valence-corrected chi connectivity index (χ0v) is 11.9. The monoisotopic (exact) mass is 256 g/mol. The second-order valence-corrected chi connectivity index (χ2v) is 7.44. The number of hydrogen-bond donors (Lipinski definition) is 2. The Morgan fingerprint density at radius 2 is 2.24 bits per heavy atom. The van der Waals surface area contributed by atoms with Crippen molar-refractivity contribution < 1.29 is 4.79 Å². The minimum absolute atomic E-state index is 0.0696. The van der Waals surface area contributed by atoms with Gasteiger partial charge in [-0.25, -0.2) is 0 Å². The van der Waals surface area contributed by atoms with Crippen LogP contribution in [0.15, 0.2) is 0 Å². The lowest BCUT2D eigenvalue weighted by atomic mass is 9.93. The van der Waals surface area contributed by atoms with Crippen LogP contribution in [0.1, 0.15) is 33.1 Å². The van der Waals surface area contributed by atoms with Crippen LogP contribution < -0.4 is 10.6 Å². The largest absolute Gasteiger partial charge is 0.353 e. The number of nitrogens with one attached hydrogen (secondary N) is 2. The molecule has 2 aliphatic rings. The zero-order valence-electron chi connectivity index (χ0n) is 11.1. The third kappa shape index (κ3) is 2.97. The molecule has 1 aliphatic carbocycles. The summed E-state index contributed by atoms with van der Waals surface area (Å²) in [7, 11) is 0. The van der Waals surface area contributed by atoms with E-state index in [0.717, 1.165) is 19.0 Å². The fourth-order valence-corrected chi connectivity index (χ4v) is 3.17. The third-order valence-electron chi connectivity index (χ3n) is 4.27. The maximum atomic E-state index is 12.2. The second kappa shape index (κ2) is 5.19. The molecular formula is C13H24N2OS. The summed E-state index contributed by atoms with van der Waals surface area (Å²) in [5.41, 5.74) is 0. The van der Waals surface area contributed by atoms with Gasteiger partial charge < -0.3 is 10.6 Å². The highest BCUT2D eigenvalue weighted by Crippen LogP contribution is 2.37. The van der Waals surface area contributed by atoms with Crippen molar-refractivity contribution in [2.24, 2.45) is 11.8 Å². The van der Waals surface area contributed by atoms with Crippen LogP contribution in [0.4, 0.5) is 0 Å². The van der Waals surface area contributed by atoms with Gasteiger partial charge in [0.1, 0.15) is 0 Å². The fraction of sp³-hybridized carbons (Fsp3) is 0.923. The normalized spacial score (nSPS) is 32.5. The van der Waals surface area contributed by atoms with Gasteiger partial charge in [-0.1, -0.05) is 6.42 Å². The average molecular weight is 256 g/mol. The first-order valence-corrected chi connectivity index (χ1v) is 7.82. The van der Waals surface area contributed by atoms with Gasteiger partial charge in [-0.2, -0.15) is 11.8 Å². The van der Waals surface area contributed by atoms with Crippen molar-refractivity contribution in [2.75, 3.05) is 19.3 Å². The SMILES string of the molecule is CSC(C)(C)CNC(=O)C1NCC2CCCC21. The maximum absolute atomic E-state index is 12.2. The van der Waals surface area contributed by atoms with Crippen molar-refractivity contribution in [1.82, 2.24) is 10.6 Å². The van der Waals surface area contributed by atoms with E-state index in [1.54, 1.807) is 11.8 Å². The molecule has 2 rings (SSSR count). The molecule has 0 aromatic carbocycles. The number of hydrogen-bond acceptors (Lipinski definition) is 3. The fourth-order valence-electron chi connectivity index (χ4n) is 2.96. The van der Waals surface area contributed by atoms with Gasteiger partial charge >= 0.3 is 0 Å². The predicted octanol–water partition coefficient (Wildman–Crippen LogP) is 1.63. The molecule has 1 aliphatic heterocycles. The Kier molecular flexibility index (Phi) is 4.03. The summed E-state index contributed by atoms with van der Waals surface area (Å²) in [5, 5.41) is 6.50. The smallest absolute Gasteiger partial charge is 0.237 e. The van der Waals surface area contributed by atoms with Crippen molar-refractivity contribution in [1.29, 1.82) is 0 Å². The first-order chi connectivity index (χ1) is 8.03. The Hall–Kier alpha value is -0.220. The molecule has 3 unspecified atom stereocenters. The van der Waals surface area contributed by atoms with Gasteiger partial charge in [-0.3, -0.25) is 4.79 Å². The third-order valence-corrected chi connectivity index (χ3v) is 5.52. The number of carbonyl (C=O) groups excluding carboxylic acids is 1. The molecule has 0 aromatic heterocycles. The Morgan fingerprint density at radius 3 is 2.94 bits per heavy atom. The molecule has 1 saturated heterocycles. The van der Waals surface area contributed by atoms with Crippen molar-refractivity contribution in [3.05, 3.63) is 0 Å². The molecule has 1 heterocycles. The van der Waals surface area contributed by atoms with E-state index in [9.17, 15) is 4.79 Å². The molecule has 0 bridgehead atoms. The highest BCUT2D eigenvalue weighted by molar-refractivity contribution is 7.99. The topological polar surface area (TPSA) is 41.1 Å². The summed E-state index contributed by atoms with van der Waals surface area (Å²) in [6.45, 7) is 6.12. The lowest BCUT2D eigenvalue weighted by Crippen LogP contribution is -2.47. The average Bonchev–Trinajstić information content (AvgIpc) is 2.87. The second-order valence-electron chi connectivity index (χ2n) is 5.92. The first-order valence-electron chi connectivity index (χ1n) is 6.60. The summed E-state index contributed by atoms with van der Waals surface area (Å²) in [6, 6.07) is 0.0696. The summed E-state index contributed by atoms with van der Waals surface area (Å²) in [5.74, 6) is 1.55. The number of carbonyl (C=O) groups is 1. The Morgan fingerprint density at radius 1 is 1.47 bits per heavy atom. The van der Waals surface area contributed by atoms with E-state index < -0.39 is 0 Å². The van der Waals surface area contributed by atoms with Gasteiger partial charge in [0.2, 0.25) is 5.91 Å². The van der Waals surface area contributed by atoms with Crippen molar-refractivity contribution in [2.45, 2.75) is 43.9 Å². The Balaban J connectivity index is 1.84. The summed E-state index contributed by atoms with van der Waals surface area (Å²) < 4.78 is 0.128. The molecule has 98 valence electrons. The van der Waals surface area contributed by atoms with E-state index in [2.05, 4.69) is 30.7 Å². The molecule has 0 aromatic rings. The molecule has 0 spiro atoms. The summed E-state index contributed by atoms with van der Waals surface area (Å²) in [6.07, 6.45) is 5.92. The van der Waals surface area contributed by atoms with Crippen molar-refractivity contribution in [3.8, 4) is 0 Å². The van der Waals surface area contributed by atoms with E-state index in [1.807, 2.05) is 0 Å². The molecular weight excluding hydrogens is 232 g/mol. The van der Waals surface area contributed by atoms with Crippen LogP contribution >= 0.6 is 11.8 Å². The van der Waals surface area contributed by atoms with Gasteiger partial charge in [0.25, 0.3) is 0 Å². The molecule has 17 heavy (non-hydrogen) atoms. The van der Waals surface area contributed by atoms with E-state index in [1.165, 1.54) is 19.3 Å². The molecule has 2 fully saturated rings. The standard InChI is InChI=1S/C13H24N2OS/c1-13(2,17-3)8-15-12(16)11-10-6-4-5-9(10)7-14-11/h9-11,14H,4-8H2,1-3H3,(H,15,16). The summed E-state index contributed by atoms with van der Waals surface area (Å²) in [4.78, 5) is 12.2. The van der Waals surface area contributed by atoms with E-state index in [4.69, 9.17) is 0 Å². The van der Waals surface area contributed by atoms with Crippen LogP contribution in [0.5, 0.6) is 0 Å². The van der Waals surface area contributed by atoms with E-state index in [-0.39, 0.29) is 16.7 Å². The molecule has 1 saturated carbocycles. The van der Waals surface area contributed by atoms with Gasteiger partial charge in [-0.05, 0) is 51.3 Å². The van der Waals surface area contributed by atoms with Gasteiger partial charge in [0.05, 0.1) is 6.04 Å². The number of fused-ring (bicyclic) bond motifs is 1. The Bertz CT molecular complexity index is 293. The van der Waals surface area contributed by atoms with Crippen LogP contribution in [0.25, 0.3) is 0 Å². The maximum Gasteiger partial charge on any atom is 0.237 e. The number of thioether (sulfide) groups is 1. The lowest BCUT2D eigenvalue weighted by molar-refractivity contribution is -0.123. The van der Waals surface area contributed by atoms with Crippen molar-refractivity contribution >= 4 is 17.7 Å². The zero-order chi connectivity index (χ0) is 12.5. The van der Waals surface area contributed by atoms with E-state index >= 15 is 0 Å². The Labute approximate surface area is 108 Å².